The van der Waals surface area contributed by atoms with Gasteiger partial charge in [-0.3, -0.25) is 19.8 Å². The number of hydrogen-bond donors (Lipinski definition) is 3. The molecule has 4 aromatic rings. The summed E-state index contributed by atoms with van der Waals surface area (Å²) in [5.41, 5.74) is 5.84. The van der Waals surface area contributed by atoms with E-state index in [0.29, 0.717) is 16.6 Å². The molecule has 0 bridgehead atoms. The third-order valence-electron chi connectivity index (χ3n) is 5.34. The number of benzene rings is 3. The molecule has 4 rings (SSSR count). The van der Waals surface area contributed by atoms with Gasteiger partial charge in [-0.15, -0.1) is 0 Å². The molecule has 0 radical (unpaired) electrons. The molecule has 0 spiro atoms. The van der Waals surface area contributed by atoms with E-state index >= 15 is 0 Å². The van der Waals surface area contributed by atoms with Gasteiger partial charge in [0.2, 0.25) is 0 Å². The fourth-order valence-electron chi connectivity index (χ4n) is 3.59. The van der Waals surface area contributed by atoms with Gasteiger partial charge in [0.1, 0.15) is 5.69 Å². The maximum atomic E-state index is 13.3. The van der Waals surface area contributed by atoms with Crippen LogP contribution < -0.4 is 16.1 Å². The van der Waals surface area contributed by atoms with Crippen LogP contribution in [0.2, 0.25) is 10.0 Å². The number of halogens is 3. The van der Waals surface area contributed by atoms with E-state index in [1.165, 1.54) is 10.7 Å². The second-order valence-electron chi connectivity index (χ2n) is 7.79. The monoisotopic (exact) mass is 572 g/mol. The lowest BCUT2D eigenvalue weighted by Gasteiger charge is -2.15. The minimum Gasteiger partial charge on any atom is -0.320 e. The first-order valence-electron chi connectivity index (χ1n) is 10.4. The summed E-state index contributed by atoms with van der Waals surface area (Å²) in [4.78, 5) is 38.7. The number of amides is 3. The predicted molar refractivity (Wildman–Crippen MR) is 143 cm³/mol. The molecule has 3 amide bonds. The summed E-state index contributed by atoms with van der Waals surface area (Å²) >= 11 is 15.5. The van der Waals surface area contributed by atoms with Gasteiger partial charge >= 0.3 is 11.8 Å². The molecule has 3 aromatic carbocycles. The Bertz CT molecular complexity index is 1480. The predicted octanol–water partition coefficient (Wildman–Crippen LogP) is 6.29. The summed E-state index contributed by atoms with van der Waals surface area (Å²) in [7, 11) is 0. The molecule has 0 aliphatic rings. The number of fused-ring (bicyclic) bond motifs is 1. The van der Waals surface area contributed by atoms with Crippen molar-refractivity contribution in [2.24, 2.45) is 0 Å². The second kappa shape index (κ2) is 10.1. The van der Waals surface area contributed by atoms with Crippen LogP contribution in [0.5, 0.6) is 0 Å². The summed E-state index contributed by atoms with van der Waals surface area (Å²) in [6.07, 6.45) is 0. The first-order chi connectivity index (χ1) is 16.7. The average molecular weight is 574 g/mol. The molecule has 10 heteroatoms. The molecule has 7 nitrogen and oxygen atoms in total. The van der Waals surface area contributed by atoms with Gasteiger partial charge in [-0.1, -0.05) is 63.4 Å². The zero-order valence-electron chi connectivity index (χ0n) is 18.6. The van der Waals surface area contributed by atoms with Crippen molar-refractivity contribution in [2.75, 3.05) is 16.1 Å². The Morgan fingerprint density at radius 2 is 1.54 bits per heavy atom. The summed E-state index contributed by atoms with van der Waals surface area (Å²) in [6.45, 7) is 3.78. The van der Waals surface area contributed by atoms with Crippen molar-refractivity contribution >= 4 is 79.1 Å². The highest BCUT2D eigenvalue weighted by atomic mass is 79.9. The van der Waals surface area contributed by atoms with E-state index in [1.807, 2.05) is 32.0 Å². The van der Waals surface area contributed by atoms with E-state index in [4.69, 9.17) is 23.2 Å². The Morgan fingerprint density at radius 3 is 2.26 bits per heavy atom. The van der Waals surface area contributed by atoms with E-state index in [2.05, 4.69) is 32.0 Å². The van der Waals surface area contributed by atoms with Gasteiger partial charge in [0.05, 0.1) is 21.2 Å². The maximum Gasteiger partial charge on any atom is 0.328 e. The number of nitrogens with one attached hydrogen (secondary N) is 3. The third kappa shape index (κ3) is 5.19. The van der Waals surface area contributed by atoms with E-state index in [1.54, 1.807) is 36.4 Å². The Balaban J connectivity index is 1.66. The third-order valence-corrected chi connectivity index (χ3v) is 6.65. The lowest BCUT2D eigenvalue weighted by molar-refractivity contribution is -0.133. The highest BCUT2D eigenvalue weighted by Gasteiger charge is 2.22. The Hall–Kier alpha value is -3.33. The molecule has 0 saturated heterocycles. The molecule has 0 aliphatic heterocycles. The van der Waals surface area contributed by atoms with Crippen LogP contribution in [0.1, 0.15) is 21.6 Å². The standard InChI is InChI=1S/C25H19BrCl2N4O3/c1-13-5-3-6-14(2)22(13)30-23(33)20-12-15-11-16(26)9-10-19(15)32(20)31-25(35)24(34)29-18-8-4-7-17(27)21(18)28/h3-12H,1-2H3,(H,29,34)(H,30,33)(H,31,35). The fourth-order valence-corrected chi connectivity index (χ4v) is 4.32. The zero-order valence-corrected chi connectivity index (χ0v) is 21.7. The number of rotatable bonds is 4. The summed E-state index contributed by atoms with van der Waals surface area (Å²) in [5, 5.41) is 6.38. The van der Waals surface area contributed by atoms with Crippen molar-refractivity contribution < 1.29 is 14.4 Å². The van der Waals surface area contributed by atoms with Crippen LogP contribution in [0.3, 0.4) is 0 Å². The van der Waals surface area contributed by atoms with Gasteiger partial charge in [0, 0.05) is 15.5 Å². The minimum atomic E-state index is -0.998. The van der Waals surface area contributed by atoms with Crippen LogP contribution in [0.25, 0.3) is 10.9 Å². The van der Waals surface area contributed by atoms with Crippen LogP contribution >= 0.6 is 39.1 Å². The molecule has 1 aromatic heterocycles. The second-order valence-corrected chi connectivity index (χ2v) is 9.49. The zero-order chi connectivity index (χ0) is 25.3. The molecule has 0 unspecified atom stereocenters. The fraction of sp³-hybridized carbons (Fsp3) is 0.0800. The van der Waals surface area contributed by atoms with Gasteiger partial charge in [-0.05, 0) is 61.4 Å². The lowest BCUT2D eigenvalue weighted by atomic mass is 10.1. The van der Waals surface area contributed by atoms with Gasteiger partial charge in [0.25, 0.3) is 5.91 Å². The number of hydrogen-bond acceptors (Lipinski definition) is 3. The van der Waals surface area contributed by atoms with E-state index in [-0.39, 0.29) is 21.4 Å². The number of para-hydroxylation sites is 1. The smallest absolute Gasteiger partial charge is 0.320 e. The molecule has 0 atom stereocenters. The highest BCUT2D eigenvalue weighted by molar-refractivity contribution is 9.10. The molecule has 0 aliphatic carbocycles. The van der Waals surface area contributed by atoms with E-state index in [9.17, 15) is 14.4 Å². The molecule has 1 heterocycles. The summed E-state index contributed by atoms with van der Waals surface area (Å²) < 4.78 is 2.08. The average Bonchev–Trinajstić information content (AvgIpc) is 3.16. The topological polar surface area (TPSA) is 92.2 Å². The first kappa shape index (κ1) is 24.8. The van der Waals surface area contributed by atoms with E-state index < -0.39 is 17.7 Å². The lowest BCUT2D eigenvalue weighted by Crippen LogP contribution is -2.36. The van der Waals surface area contributed by atoms with Gasteiger partial charge in [-0.2, -0.15) is 0 Å². The van der Waals surface area contributed by atoms with Crippen LogP contribution in [0, 0.1) is 13.8 Å². The summed E-state index contributed by atoms with van der Waals surface area (Å²) in [6, 6.07) is 17.3. The quantitative estimate of drug-likeness (QED) is 0.251. The van der Waals surface area contributed by atoms with Crippen molar-refractivity contribution in [3.8, 4) is 0 Å². The SMILES string of the molecule is Cc1cccc(C)c1NC(=O)c1cc2cc(Br)ccc2n1NC(=O)C(=O)Nc1cccc(Cl)c1Cl. The molecule has 3 N–H and O–H groups in total. The van der Waals surface area contributed by atoms with Gasteiger partial charge in [-0.25, -0.2) is 4.68 Å². The number of aromatic nitrogens is 1. The number of anilines is 2. The Morgan fingerprint density at radius 1 is 0.857 bits per heavy atom. The number of carbonyl (C=O) groups is 3. The van der Waals surface area contributed by atoms with Gasteiger partial charge < -0.3 is 10.6 Å². The van der Waals surface area contributed by atoms with Crippen molar-refractivity contribution in [2.45, 2.75) is 13.8 Å². The minimum absolute atomic E-state index is 0.111. The normalized spacial score (nSPS) is 10.8. The van der Waals surface area contributed by atoms with Crippen molar-refractivity contribution in [3.63, 3.8) is 0 Å². The highest BCUT2D eigenvalue weighted by Crippen LogP contribution is 2.29. The number of carbonyl (C=O) groups excluding carboxylic acids is 3. The molecule has 178 valence electrons. The molecular formula is C25H19BrCl2N4O3. The van der Waals surface area contributed by atoms with Crippen LogP contribution in [0.15, 0.2) is 65.1 Å². The first-order valence-corrected chi connectivity index (χ1v) is 12.0. The van der Waals surface area contributed by atoms with Crippen molar-refractivity contribution in [1.29, 1.82) is 0 Å². The van der Waals surface area contributed by atoms with E-state index in [0.717, 1.165) is 15.6 Å². The molecule has 0 fully saturated rings. The van der Waals surface area contributed by atoms with Crippen molar-refractivity contribution in [3.05, 3.63) is 92.0 Å². The van der Waals surface area contributed by atoms with Crippen LogP contribution in [-0.2, 0) is 9.59 Å². The number of nitrogens with zero attached hydrogens (tertiary/aromatic N) is 1. The van der Waals surface area contributed by atoms with Crippen LogP contribution in [0.4, 0.5) is 11.4 Å². The Kier molecular flexibility index (Phi) is 7.16. The number of aryl methyl sites for hydroxylation is 2. The van der Waals surface area contributed by atoms with Crippen molar-refractivity contribution in [1.82, 2.24) is 4.68 Å². The van der Waals surface area contributed by atoms with Crippen LogP contribution in [-0.4, -0.2) is 22.4 Å². The largest absolute Gasteiger partial charge is 0.328 e. The Labute approximate surface area is 219 Å². The maximum absolute atomic E-state index is 13.3. The molecular weight excluding hydrogens is 555 g/mol. The molecule has 35 heavy (non-hydrogen) atoms. The molecule has 0 saturated carbocycles. The van der Waals surface area contributed by atoms with Gasteiger partial charge in [0.15, 0.2) is 0 Å². The summed E-state index contributed by atoms with van der Waals surface area (Å²) in [5.74, 6) is -2.43.